The summed E-state index contributed by atoms with van der Waals surface area (Å²) in [5.74, 6) is -0.810. The first-order chi connectivity index (χ1) is 5.18. The fourth-order valence-electron chi connectivity index (χ4n) is 0.914. The van der Waals surface area contributed by atoms with Gasteiger partial charge in [-0.05, 0) is 18.1 Å². The Morgan fingerprint density at radius 2 is 2.27 bits per heavy atom. The Morgan fingerprint density at radius 3 is 2.82 bits per heavy atom. The van der Waals surface area contributed by atoms with Gasteiger partial charge < -0.3 is 5.11 Å². The van der Waals surface area contributed by atoms with E-state index in [0.29, 0.717) is 0 Å². The van der Waals surface area contributed by atoms with Gasteiger partial charge in [0, 0.05) is 0 Å². The van der Waals surface area contributed by atoms with E-state index in [0.717, 1.165) is 11.1 Å². The van der Waals surface area contributed by atoms with Gasteiger partial charge in [-0.1, -0.05) is 24.3 Å². The van der Waals surface area contributed by atoms with Gasteiger partial charge in [0.25, 0.3) is 0 Å². The van der Waals surface area contributed by atoms with Crippen molar-refractivity contribution in [1.82, 2.24) is 0 Å². The van der Waals surface area contributed by atoms with Crippen molar-refractivity contribution in [2.45, 2.75) is 6.42 Å². The average Bonchev–Trinajstić information content (AvgIpc) is 1.85. The molecule has 1 radical (unpaired) electrons. The van der Waals surface area contributed by atoms with Gasteiger partial charge in [0.15, 0.2) is 0 Å². The van der Waals surface area contributed by atoms with E-state index in [1.807, 2.05) is 6.07 Å². The van der Waals surface area contributed by atoms with Crippen LogP contribution in [0.15, 0.2) is 24.3 Å². The van der Waals surface area contributed by atoms with Crippen LogP contribution in [0.1, 0.15) is 11.1 Å². The Labute approximate surface area is 65.5 Å². The number of carbonyl (C=O) groups is 1. The van der Waals surface area contributed by atoms with Crippen molar-refractivity contribution in [3.05, 3.63) is 42.3 Å². The molecular weight excluding hydrogens is 140 g/mol. The predicted octanol–water partition coefficient (Wildman–Crippen LogP) is 1.50. The SMILES string of the molecule is [CH2]c1cccc(CC(=O)O)c1. The van der Waals surface area contributed by atoms with E-state index in [9.17, 15) is 4.79 Å². The summed E-state index contributed by atoms with van der Waals surface area (Å²) >= 11 is 0. The third-order valence-corrected chi connectivity index (χ3v) is 1.35. The summed E-state index contributed by atoms with van der Waals surface area (Å²) in [5, 5.41) is 8.44. The van der Waals surface area contributed by atoms with Crippen molar-refractivity contribution in [1.29, 1.82) is 0 Å². The fourth-order valence-corrected chi connectivity index (χ4v) is 0.914. The molecule has 0 atom stereocenters. The predicted molar refractivity (Wildman–Crippen MR) is 42.2 cm³/mol. The van der Waals surface area contributed by atoms with E-state index >= 15 is 0 Å². The van der Waals surface area contributed by atoms with Crippen LogP contribution in [0.4, 0.5) is 0 Å². The first-order valence-electron chi connectivity index (χ1n) is 3.31. The Balaban J connectivity index is 2.79. The third kappa shape index (κ3) is 2.42. The zero-order chi connectivity index (χ0) is 8.27. The molecule has 0 aliphatic rings. The number of carboxylic acids is 1. The van der Waals surface area contributed by atoms with Crippen molar-refractivity contribution < 1.29 is 9.90 Å². The molecule has 1 N–H and O–H groups in total. The van der Waals surface area contributed by atoms with Crippen LogP contribution in [0.2, 0.25) is 0 Å². The van der Waals surface area contributed by atoms with E-state index < -0.39 is 5.97 Å². The standard InChI is InChI=1S/C9H9O2/c1-7-3-2-4-8(5-7)6-9(10)11/h2-5H,1,6H2,(H,10,11). The maximum atomic E-state index is 10.3. The molecule has 0 amide bonds. The van der Waals surface area contributed by atoms with E-state index in [2.05, 4.69) is 6.92 Å². The van der Waals surface area contributed by atoms with Gasteiger partial charge in [-0.25, -0.2) is 0 Å². The summed E-state index contributed by atoms with van der Waals surface area (Å²) in [6, 6.07) is 7.20. The summed E-state index contributed by atoms with van der Waals surface area (Å²) in [6.45, 7) is 3.70. The number of aliphatic carboxylic acids is 1. The van der Waals surface area contributed by atoms with Crippen LogP contribution < -0.4 is 0 Å². The summed E-state index contributed by atoms with van der Waals surface area (Å²) in [5.41, 5.74) is 1.65. The summed E-state index contributed by atoms with van der Waals surface area (Å²) < 4.78 is 0. The maximum absolute atomic E-state index is 10.3. The molecule has 2 nitrogen and oxygen atoms in total. The van der Waals surface area contributed by atoms with Crippen molar-refractivity contribution in [2.75, 3.05) is 0 Å². The van der Waals surface area contributed by atoms with Gasteiger partial charge in [-0.2, -0.15) is 0 Å². The highest BCUT2D eigenvalue weighted by Crippen LogP contribution is 2.03. The quantitative estimate of drug-likeness (QED) is 0.691. The molecule has 0 fully saturated rings. The average molecular weight is 149 g/mol. The zero-order valence-corrected chi connectivity index (χ0v) is 6.08. The second-order valence-electron chi connectivity index (χ2n) is 2.39. The van der Waals surface area contributed by atoms with Gasteiger partial charge in [0.05, 0.1) is 6.42 Å². The summed E-state index contributed by atoms with van der Waals surface area (Å²) in [6.07, 6.45) is 0.0728. The van der Waals surface area contributed by atoms with Crippen LogP contribution >= 0.6 is 0 Å². The topological polar surface area (TPSA) is 37.3 Å². The molecule has 1 aromatic carbocycles. The Morgan fingerprint density at radius 1 is 1.55 bits per heavy atom. The van der Waals surface area contributed by atoms with Crippen molar-refractivity contribution in [3.8, 4) is 0 Å². The van der Waals surface area contributed by atoms with E-state index in [1.54, 1.807) is 18.2 Å². The van der Waals surface area contributed by atoms with Crippen LogP contribution in [0.25, 0.3) is 0 Å². The van der Waals surface area contributed by atoms with Crippen LogP contribution in [0.3, 0.4) is 0 Å². The Kier molecular flexibility index (Phi) is 2.26. The number of benzene rings is 1. The summed E-state index contributed by atoms with van der Waals surface area (Å²) in [7, 11) is 0. The summed E-state index contributed by atoms with van der Waals surface area (Å²) in [4.78, 5) is 10.3. The monoisotopic (exact) mass is 149 g/mol. The molecule has 2 heteroatoms. The molecule has 0 saturated heterocycles. The first kappa shape index (κ1) is 7.79. The lowest BCUT2D eigenvalue weighted by Crippen LogP contribution is -1.99. The molecule has 1 rings (SSSR count). The van der Waals surface area contributed by atoms with Gasteiger partial charge in [0.2, 0.25) is 0 Å². The molecule has 0 saturated carbocycles. The second kappa shape index (κ2) is 3.19. The first-order valence-corrected chi connectivity index (χ1v) is 3.31. The number of hydrogen-bond acceptors (Lipinski definition) is 1. The van der Waals surface area contributed by atoms with Gasteiger partial charge >= 0.3 is 5.97 Å². The zero-order valence-electron chi connectivity index (χ0n) is 6.08. The third-order valence-electron chi connectivity index (χ3n) is 1.35. The number of carboxylic acid groups (broad SMARTS) is 1. The molecule has 0 aromatic heterocycles. The molecule has 1 aromatic rings. The van der Waals surface area contributed by atoms with Crippen LogP contribution in [0.5, 0.6) is 0 Å². The normalized spacial score (nSPS) is 9.55. The molecule has 0 spiro atoms. The van der Waals surface area contributed by atoms with Crippen molar-refractivity contribution >= 4 is 5.97 Å². The minimum absolute atomic E-state index is 0.0728. The highest BCUT2D eigenvalue weighted by Gasteiger charge is 1.98. The smallest absolute Gasteiger partial charge is 0.307 e. The van der Waals surface area contributed by atoms with Gasteiger partial charge in [-0.3, -0.25) is 4.79 Å². The van der Waals surface area contributed by atoms with Crippen molar-refractivity contribution in [2.24, 2.45) is 0 Å². The minimum atomic E-state index is -0.810. The molecule has 0 heterocycles. The van der Waals surface area contributed by atoms with Gasteiger partial charge in [0.1, 0.15) is 0 Å². The highest BCUT2D eigenvalue weighted by molar-refractivity contribution is 5.70. The maximum Gasteiger partial charge on any atom is 0.307 e. The van der Waals surface area contributed by atoms with Crippen LogP contribution in [-0.2, 0) is 11.2 Å². The highest BCUT2D eigenvalue weighted by atomic mass is 16.4. The fraction of sp³-hybridized carbons (Fsp3) is 0.111. The molecule has 57 valence electrons. The molecular formula is C9H9O2. The lowest BCUT2D eigenvalue weighted by molar-refractivity contribution is -0.136. The van der Waals surface area contributed by atoms with E-state index in [-0.39, 0.29) is 6.42 Å². The lowest BCUT2D eigenvalue weighted by atomic mass is 10.1. The molecule has 0 aliphatic carbocycles. The second-order valence-corrected chi connectivity index (χ2v) is 2.39. The molecule has 0 unspecified atom stereocenters. The van der Waals surface area contributed by atoms with Crippen LogP contribution in [0, 0.1) is 6.92 Å². The van der Waals surface area contributed by atoms with E-state index in [4.69, 9.17) is 5.11 Å². The number of hydrogen-bond donors (Lipinski definition) is 1. The van der Waals surface area contributed by atoms with Gasteiger partial charge in [-0.15, -0.1) is 0 Å². The Bertz CT molecular complexity index is 266. The van der Waals surface area contributed by atoms with E-state index in [1.165, 1.54) is 0 Å². The Hall–Kier alpha value is -1.31. The van der Waals surface area contributed by atoms with Crippen LogP contribution in [-0.4, -0.2) is 11.1 Å². The molecule has 0 bridgehead atoms. The molecule has 11 heavy (non-hydrogen) atoms. The minimum Gasteiger partial charge on any atom is -0.481 e. The largest absolute Gasteiger partial charge is 0.481 e. The molecule has 0 aliphatic heterocycles. The van der Waals surface area contributed by atoms with Crippen molar-refractivity contribution in [3.63, 3.8) is 0 Å². The lowest BCUT2D eigenvalue weighted by Gasteiger charge is -1.96. The number of rotatable bonds is 2.